The Morgan fingerprint density at radius 2 is 1.78 bits per heavy atom. The molecule has 0 radical (unpaired) electrons. The van der Waals surface area contributed by atoms with Crippen molar-refractivity contribution in [3.05, 3.63) is 71.0 Å². The number of benzene rings is 2. The van der Waals surface area contributed by atoms with E-state index in [4.69, 9.17) is 17.3 Å². The average molecular weight is 402 g/mol. The number of hydrogen-bond acceptors (Lipinski definition) is 5. The van der Waals surface area contributed by atoms with Crippen LogP contribution >= 0.6 is 23.4 Å². The van der Waals surface area contributed by atoms with Gasteiger partial charge in [0.1, 0.15) is 5.82 Å². The summed E-state index contributed by atoms with van der Waals surface area (Å²) < 4.78 is 1.87. The van der Waals surface area contributed by atoms with Crippen LogP contribution < -0.4 is 11.1 Å². The van der Waals surface area contributed by atoms with Gasteiger partial charge in [-0.3, -0.25) is 14.7 Å². The van der Waals surface area contributed by atoms with Crippen LogP contribution in [0, 0.1) is 0 Å². The molecule has 2 aromatic carbocycles. The number of carbonyl (C=O) groups is 2. The molecular weight excluding hydrogens is 386 g/mol. The van der Waals surface area contributed by atoms with Gasteiger partial charge in [-0.25, -0.2) is 4.79 Å². The maximum atomic E-state index is 11.7. The summed E-state index contributed by atoms with van der Waals surface area (Å²) in [6, 6.07) is 16.3. The molecule has 138 valence electrons. The molecule has 27 heavy (non-hydrogen) atoms. The molecule has 0 aliphatic heterocycles. The molecule has 1 aromatic heterocycles. The van der Waals surface area contributed by atoms with Crippen molar-refractivity contribution in [2.45, 2.75) is 11.6 Å². The minimum Gasteiger partial charge on any atom is -0.351 e. The predicted octanol–water partition coefficient (Wildman–Crippen LogP) is 2.80. The summed E-state index contributed by atoms with van der Waals surface area (Å²) in [6.45, 7) is 0. The second kappa shape index (κ2) is 8.70. The Labute approximate surface area is 164 Å². The van der Waals surface area contributed by atoms with Crippen molar-refractivity contribution in [2.24, 2.45) is 5.73 Å². The highest BCUT2D eigenvalue weighted by Gasteiger charge is 2.16. The van der Waals surface area contributed by atoms with E-state index in [9.17, 15) is 9.59 Å². The molecule has 3 N–H and O–H groups in total. The molecule has 0 bridgehead atoms. The maximum Gasteiger partial charge on any atom is 0.318 e. The van der Waals surface area contributed by atoms with Crippen LogP contribution in [0.15, 0.2) is 59.8 Å². The number of carbonyl (C=O) groups excluding carboxylic acids is 2. The van der Waals surface area contributed by atoms with Crippen LogP contribution in [0.3, 0.4) is 0 Å². The van der Waals surface area contributed by atoms with E-state index in [0.717, 1.165) is 28.8 Å². The normalized spacial score (nSPS) is 10.6. The molecule has 3 amide bonds. The minimum absolute atomic E-state index is 0.0139. The van der Waals surface area contributed by atoms with Gasteiger partial charge >= 0.3 is 6.03 Å². The maximum absolute atomic E-state index is 11.7. The number of thioether (sulfide) groups is 1. The molecule has 0 spiro atoms. The van der Waals surface area contributed by atoms with E-state index in [1.165, 1.54) is 0 Å². The van der Waals surface area contributed by atoms with Crippen molar-refractivity contribution >= 4 is 35.3 Å². The summed E-state index contributed by atoms with van der Waals surface area (Å²) in [4.78, 5) is 22.5. The number of nitrogens with one attached hydrogen (secondary N) is 1. The van der Waals surface area contributed by atoms with Crippen LogP contribution in [0.4, 0.5) is 4.79 Å². The fourth-order valence-electron chi connectivity index (χ4n) is 2.44. The lowest BCUT2D eigenvalue weighted by Crippen LogP contribution is -2.36. The number of rotatable bonds is 6. The van der Waals surface area contributed by atoms with Gasteiger partial charge in [-0.2, -0.15) is 0 Å². The second-order valence-electron chi connectivity index (χ2n) is 5.57. The van der Waals surface area contributed by atoms with Crippen molar-refractivity contribution in [3.8, 4) is 5.69 Å². The zero-order chi connectivity index (χ0) is 19.2. The standard InChI is InChI=1S/C18H16ClN5O2S/c19-13-6-8-14(9-7-13)24-15(10-12-4-2-1-3-5-12)22-23-18(24)27-11-16(25)21-17(20)26/h1-9H,10-11H2,(H3,20,21,25,26). The van der Waals surface area contributed by atoms with Gasteiger partial charge in [0, 0.05) is 17.1 Å². The van der Waals surface area contributed by atoms with E-state index in [2.05, 4.69) is 10.2 Å². The first-order valence-corrected chi connectivity index (χ1v) is 9.35. The Hall–Kier alpha value is -2.84. The molecular formula is C18H16ClN5O2S. The third-order valence-electron chi connectivity index (χ3n) is 3.59. The Bertz CT molecular complexity index is 944. The molecule has 0 saturated heterocycles. The van der Waals surface area contributed by atoms with Gasteiger partial charge in [0.25, 0.3) is 0 Å². The van der Waals surface area contributed by atoms with E-state index >= 15 is 0 Å². The molecule has 7 nitrogen and oxygen atoms in total. The van der Waals surface area contributed by atoms with Crippen molar-refractivity contribution in [3.63, 3.8) is 0 Å². The Balaban J connectivity index is 1.89. The summed E-state index contributed by atoms with van der Waals surface area (Å²) in [6.07, 6.45) is 0.574. The van der Waals surface area contributed by atoms with Gasteiger partial charge in [-0.15, -0.1) is 10.2 Å². The van der Waals surface area contributed by atoms with Gasteiger partial charge in [-0.05, 0) is 29.8 Å². The van der Waals surface area contributed by atoms with Crippen LogP contribution in [-0.4, -0.2) is 32.5 Å². The number of nitrogens with zero attached hydrogens (tertiary/aromatic N) is 3. The number of amides is 3. The molecule has 0 aliphatic rings. The zero-order valence-electron chi connectivity index (χ0n) is 14.1. The summed E-state index contributed by atoms with van der Waals surface area (Å²) in [5.41, 5.74) is 6.87. The highest BCUT2D eigenvalue weighted by atomic mass is 35.5. The summed E-state index contributed by atoms with van der Waals surface area (Å²) >= 11 is 7.16. The average Bonchev–Trinajstić information content (AvgIpc) is 3.03. The van der Waals surface area contributed by atoms with E-state index in [0.29, 0.717) is 16.6 Å². The van der Waals surface area contributed by atoms with Crippen LogP contribution in [0.2, 0.25) is 5.02 Å². The lowest BCUT2D eigenvalue weighted by Gasteiger charge is -2.10. The predicted molar refractivity (Wildman–Crippen MR) is 104 cm³/mol. The van der Waals surface area contributed by atoms with Crippen molar-refractivity contribution in [1.29, 1.82) is 0 Å². The molecule has 3 rings (SSSR count). The van der Waals surface area contributed by atoms with Crippen molar-refractivity contribution in [2.75, 3.05) is 5.75 Å². The number of nitrogens with two attached hydrogens (primary N) is 1. The molecule has 0 aliphatic carbocycles. The minimum atomic E-state index is -0.885. The van der Waals surface area contributed by atoms with Gasteiger partial charge in [0.05, 0.1) is 5.75 Å². The molecule has 9 heteroatoms. The lowest BCUT2D eigenvalue weighted by atomic mass is 10.1. The van der Waals surface area contributed by atoms with Crippen LogP contribution in [-0.2, 0) is 11.2 Å². The van der Waals surface area contributed by atoms with Gasteiger partial charge < -0.3 is 5.73 Å². The first-order chi connectivity index (χ1) is 13.0. The number of urea groups is 1. The van der Waals surface area contributed by atoms with Gasteiger partial charge in [-0.1, -0.05) is 53.7 Å². The molecule has 0 unspecified atom stereocenters. The third kappa shape index (κ3) is 5.08. The number of primary amides is 1. The molecule has 0 saturated carbocycles. The second-order valence-corrected chi connectivity index (χ2v) is 6.95. The van der Waals surface area contributed by atoms with Crippen LogP contribution in [0.1, 0.15) is 11.4 Å². The van der Waals surface area contributed by atoms with Crippen LogP contribution in [0.25, 0.3) is 5.69 Å². The Kier molecular flexibility index (Phi) is 6.10. The monoisotopic (exact) mass is 401 g/mol. The summed E-state index contributed by atoms with van der Waals surface area (Å²) in [7, 11) is 0. The molecule has 1 heterocycles. The number of aromatic nitrogens is 3. The number of hydrogen-bond donors (Lipinski definition) is 2. The lowest BCUT2D eigenvalue weighted by molar-refractivity contribution is -0.117. The van der Waals surface area contributed by atoms with Crippen molar-refractivity contribution in [1.82, 2.24) is 20.1 Å². The Morgan fingerprint density at radius 3 is 2.44 bits per heavy atom. The first kappa shape index (κ1) is 18.9. The van der Waals surface area contributed by atoms with E-state index in [-0.39, 0.29) is 5.75 Å². The summed E-state index contributed by atoms with van der Waals surface area (Å²) in [5.74, 6) is 0.212. The fraction of sp³-hybridized carbons (Fsp3) is 0.111. The first-order valence-electron chi connectivity index (χ1n) is 7.99. The highest BCUT2D eigenvalue weighted by molar-refractivity contribution is 7.99. The fourth-order valence-corrected chi connectivity index (χ4v) is 3.34. The van der Waals surface area contributed by atoms with Crippen LogP contribution in [0.5, 0.6) is 0 Å². The SMILES string of the molecule is NC(=O)NC(=O)CSc1nnc(Cc2ccccc2)n1-c1ccc(Cl)cc1. The van der Waals surface area contributed by atoms with Gasteiger partial charge in [0.2, 0.25) is 5.91 Å². The zero-order valence-corrected chi connectivity index (χ0v) is 15.7. The van der Waals surface area contributed by atoms with E-state index in [1.54, 1.807) is 12.1 Å². The van der Waals surface area contributed by atoms with Gasteiger partial charge in [0.15, 0.2) is 5.16 Å². The third-order valence-corrected chi connectivity index (χ3v) is 4.77. The van der Waals surface area contributed by atoms with Crippen molar-refractivity contribution < 1.29 is 9.59 Å². The quantitative estimate of drug-likeness (QED) is 0.618. The van der Waals surface area contributed by atoms with E-state index < -0.39 is 11.9 Å². The highest BCUT2D eigenvalue weighted by Crippen LogP contribution is 2.24. The number of halogens is 1. The Morgan fingerprint density at radius 1 is 1.07 bits per heavy atom. The molecule has 3 aromatic rings. The molecule has 0 fully saturated rings. The summed E-state index contributed by atoms with van der Waals surface area (Å²) in [5, 5.41) is 11.7. The smallest absolute Gasteiger partial charge is 0.318 e. The van der Waals surface area contributed by atoms with E-state index in [1.807, 2.05) is 52.3 Å². The largest absolute Gasteiger partial charge is 0.351 e. The number of imide groups is 1. The molecule has 0 atom stereocenters. The topological polar surface area (TPSA) is 103 Å².